The van der Waals surface area contributed by atoms with Crippen molar-refractivity contribution in [3.8, 4) is 11.1 Å². The molecule has 1 aliphatic rings. The van der Waals surface area contributed by atoms with Gasteiger partial charge in [-0.25, -0.2) is 4.79 Å². The molecule has 194 valence electrons. The van der Waals surface area contributed by atoms with Gasteiger partial charge in [0.05, 0.1) is 13.7 Å². The van der Waals surface area contributed by atoms with Gasteiger partial charge in [0.2, 0.25) is 0 Å². The number of fused-ring (bicyclic) bond motifs is 1. The van der Waals surface area contributed by atoms with E-state index in [0.717, 1.165) is 41.3 Å². The first-order chi connectivity index (χ1) is 18.5. The molecule has 0 spiro atoms. The zero-order valence-corrected chi connectivity index (χ0v) is 22.8. The van der Waals surface area contributed by atoms with Crippen molar-refractivity contribution in [2.24, 2.45) is 0 Å². The van der Waals surface area contributed by atoms with Gasteiger partial charge in [-0.15, -0.1) is 0 Å². The monoisotopic (exact) mass is 572 g/mol. The lowest BCUT2D eigenvalue weighted by molar-refractivity contribution is 0.0588. The Morgan fingerprint density at radius 2 is 1.66 bits per heavy atom. The highest BCUT2D eigenvalue weighted by molar-refractivity contribution is 9.10. The lowest BCUT2D eigenvalue weighted by Gasteiger charge is -2.22. The van der Waals surface area contributed by atoms with Crippen molar-refractivity contribution < 1.29 is 14.3 Å². The fraction of sp³-hybridized carbons (Fsp3) is 0.258. The fourth-order valence-electron chi connectivity index (χ4n) is 5.24. The Hall–Kier alpha value is -3.71. The topological polar surface area (TPSA) is 77.4 Å². The number of benzene rings is 3. The van der Waals surface area contributed by atoms with Crippen molar-refractivity contribution in [1.82, 2.24) is 9.88 Å². The standard InChI is InChI=1S/C31H29BrN2O4/c1-38-31(37)28-27(21-8-4-2-5-9-21)26-18-23(32)16-17-25(26)30(36)34(28)19-20-12-14-22(15-13-20)29(35)33-24-10-6-3-7-11-24/h2,4-5,8-9,12-18,24H,3,6-7,10-11,19H2,1H3,(H,33,35). The molecule has 0 saturated heterocycles. The molecule has 5 rings (SSSR count). The summed E-state index contributed by atoms with van der Waals surface area (Å²) in [6, 6.07) is 22.4. The van der Waals surface area contributed by atoms with Crippen LogP contribution in [0.1, 0.15) is 58.5 Å². The van der Waals surface area contributed by atoms with E-state index in [9.17, 15) is 14.4 Å². The molecule has 1 heterocycles. The van der Waals surface area contributed by atoms with E-state index in [2.05, 4.69) is 21.2 Å². The number of nitrogens with one attached hydrogen (secondary N) is 1. The fourth-order valence-corrected chi connectivity index (χ4v) is 5.60. The minimum Gasteiger partial charge on any atom is -0.464 e. The molecule has 0 atom stereocenters. The summed E-state index contributed by atoms with van der Waals surface area (Å²) in [7, 11) is 1.32. The third-order valence-corrected chi connectivity index (χ3v) is 7.66. The number of carbonyl (C=O) groups excluding carboxylic acids is 2. The summed E-state index contributed by atoms with van der Waals surface area (Å²) in [4.78, 5) is 39.7. The summed E-state index contributed by atoms with van der Waals surface area (Å²) < 4.78 is 7.45. The zero-order valence-electron chi connectivity index (χ0n) is 21.2. The summed E-state index contributed by atoms with van der Waals surface area (Å²) in [6.07, 6.45) is 5.56. The third kappa shape index (κ3) is 5.29. The van der Waals surface area contributed by atoms with Crippen LogP contribution in [0.3, 0.4) is 0 Å². The number of hydrogen-bond donors (Lipinski definition) is 1. The largest absolute Gasteiger partial charge is 0.464 e. The van der Waals surface area contributed by atoms with Gasteiger partial charge in [-0.3, -0.25) is 14.2 Å². The van der Waals surface area contributed by atoms with Gasteiger partial charge in [-0.2, -0.15) is 0 Å². The van der Waals surface area contributed by atoms with E-state index >= 15 is 0 Å². The highest BCUT2D eigenvalue weighted by Gasteiger charge is 2.24. The van der Waals surface area contributed by atoms with E-state index in [1.165, 1.54) is 18.1 Å². The molecule has 1 aromatic heterocycles. The maximum atomic E-state index is 13.7. The quantitative estimate of drug-likeness (QED) is 0.274. The van der Waals surface area contributed by atoms with Crippen LogP contribution < -0.4 is 10.9 Å². The molecule has 0 radical (unpaired) electrons. The van der Waals surface area contributed by atoms with Gasteiger partial charge in [0, 0.05) is 27.0 Å². The lowest BCUT2D eigenvalue weighted by Crippen LogP contribution is -2.36. The molecule has 1 amide bonds. The molecule has 0 bridgehead atoms. The van der Waals surface area contributed by atoms with Gasteiger partial charge in [0.15, 0.2) is 0 Å². The van der Waals surface area contributed by atoms with E-state index in [1.54, 1.807) is 18.2 Å². The van der Waals surface area contributed by atoms with Crippen molar-refractivity contribution in [3.63, 3.8) is 0 Å². The second kappa shape index (κ2) is 11.4. The van der Waals surface area contributed by atoms with Gasteiger partial charge in [-0.1, -0.05) is 77.7 Å². The number of amides is 1. The smallest absolute Gasteiger partial charge is 0.355 e. The minimum atomic E-state index is -0.591. The molecule has 1 saturated carbocycles. The van der Waals surface area contributed by atoms with Crippen LogP contribution in [0.25, 0.3) is 21.9 Å². The van der Waals surface area contributed by atoms with Crippen LogP contribution >= 0.6 is 15.9 Å². The second-order valence-electron chi connectivity index (χ2n) is 9.67. The van der Waals surface area contributed by atoms with Gasteiger partial charge in [0.25, 0.3) is 11.5 Å². The molecular weight excluding hydrogens is 544 g/mol. The summed E-state index contributed by atoms with van der Waals surface area (Å²) in [5.41, 5.74) is 2.71. The normalized spacial score (nSPS) is 13.8. The van der Waals surface area contributed by atoms with E-state index < -0.39 is 5.97 Å². The van der Waals surface area contributed by atoms with Gasteiger partial charge in [0.1, 0.15) is 5.69 Å². The van der Waals surface area contributed by atoms with Crippen LogP contribution in [0.15, 0.2) is 82.1 Å². The Balaban J connectivity index is 1.57. The highest BCUT2D eigenvalue weighted by atomic mass is 79.9. The first kappa shape index (κ1) is 25.9. The van der Waals surface area contributed by atoms with E-state index in [4.69, 9.17) is 4.74 Å². The molecule has 3 aromatic carbocycles. The number of aromatic nitrogens is 1. The molecule has 0 aliphatic heterocycles. The number of methoxy groups -OCH3 is 1. The first-order valence-corrected chi connectivity index (χ1v) is 13.6. The lowest BCUT2D eigenvalue weighted by atomic mass is 9.95. The SMILES string of the molecule is COC(=O)c1c(-c2ccccc2)c2cc(Br)ccc2c(=O)n1Cc1ccc(C(=O)NC2CCCCC2)cc1. The Kier molecular flexibility index (Phi) is 7.74. The van der Waals surface area contributed by atoms with Crippen LogP contribution in [0, 0.1) is 0 Å². The number of pyridine rings is 1. The molecule has 7 heteroatoms. The molecule has 38 heavy (non-hydrogen) atoms. The summed E-state index contributed by atoms with van der Waals surface area (Å²) >= 11 is 3.51. The Bertz CT molecular complexity index is 1540. The predicted octanol–water partition coefficient (Wildman–Crippen LogP) is 6.33. The first-order valence-electron chi connectivity index (χ1n) is 12.9. The molecular formula is C31H29BrN2O4. The van der Waals surface area contributed by atoms with Gasteiger partial charge < -0.3 is 10.1 Å². The number of halogens is 1. The maximum Gasteiger partial charge on any atom is 0.355 e. The van der Waals surface area contributed by atoms with Crippen LogP contribution in [0.5, 0.6) is 0 Å². The third-order valence-electron chi connectivity index (χ3n) is 7.17. The van der Waals surface area contributed by atoms with Crippen molar-refractivity contribution in [1.29, 1.82) is 0 Å². The summed E-state index contributed by atoms with van der Waals surface area (Å²) in [6.45, 7) is 0.152. The van der Waals surface area contributed by atoms with Crippen LogP contribution in [0.4, 0.5) is 0 Å². The van der Waals surface area contributed by atoms with Crippen molar-refractivity contribution >= 4 is 38.6 Å². The minimum absolute atomic E-state index is 0.0847. The average Bonchev–Trinajstić information content (AvgIpc) is 2.95. The summed E-state index contributed by atoms with van der Waals surface area (Å²) in [5.74, 6) is -0.676. The average molecular weight is 573 g/mol. The Labute approximate surface area is 229 Å². The highest BCUT2D eigenvalue weighted by Crippen LogP contribution is 2.33. The molecule has 1 aliphatic carbocycles. The van der Waals surface area contributed by atoms with Crippen molar-refractivity contribution in [2.75, 3.05) is 7.11 Å². The van der Waals surface area contributed by atoms with Crippen molar-refractivity contribution in [3.05, 3.63) is 104 Å². The molecule has 6 nitrogen and oxygen atoms in total. The molecule has 0 unspecified atom stereocenters. The van der Waals surface area contributed by atoms with E-state index in [1.807, 2.05) is 54.6 Å². The van der Waals surface area contributed by atoms with Crippen LogP contribution in [-0.4, -0.2) is 29.6 Å². The van der Waals surface area contributed by atoms with Crippen LogP contribution in [-0.2, 0) is 11.3 Å². The van der Waals surface area contributed by atoms with E-state index in [-0.39, 0.29) is 29.7 Å². The Morgan fingerprint density at radius 3 is 2.34 bits per heavy atom. The number of ether oxygens (including phenoxy) is 1. The summed E-state index contributed by atoms with van der Waals surface area (Å²) in [5, 5.41) is 4.31. The number of esters is 1. The Morgan fingerprint density at radius 1 is 0.947 bits per heavy atom. The molecule has 4 aromatic rings. The molecule has 1 N–H and O–H groups in total. The van der Waals surface area contributed by atoms with Gasteiger partial charge >= 0.3 is 5.97 Å². The predicted molar refractivity (Wildman–Crippen MR) is 153 cm³/mol. The number of carbonyl (C=O) groups is 2. The van der Waals surface area contributed by atoms with E-state index in [0.29, 0.717) is 21.9 Å². The van der Waals surface area contributed by atoms with Gasteiger partial charge in [-0.05, 0) is 59.7 Å². The van der Waals surface area contributed by atoms with Crippen LogP contribution in [0.2, 0.25) is 0 Å². The number of rotatable bonds is 6. The zero-order chi connectivity index (χ0) is 26.6. The molecule has 1 fully saturated rings. The van der Waals surface area contributed by atoms with Crippen molar-refractivity contribution in [2.45, 2.75) is 44.7 Å². The second-order valence-corrected chi connectivity index (χ2v) is 10.6. The number of hydrogen-bond acceptors (Lipinski definition) is 4. The maximum absolute atomic E-state index is 13.7. The number of nitrogens with zero attached hydrogens (tertiary/aromatic N) is 1.